The molecule has 0 saturated heterocycles. The van der Waals surface area contributed by atoms with E-state index < -0.39 is 21.4 Å². The zero-order valence-corrected chi connectivity index (χ0v) is 30.4. The Morgan fingerprint density at radius 2 is 1.78 bits per heavy atom. The lowest BCUT2D eigenvalue weighted by molar-refractivity contribution is -0.131. The summed E-state index contributed by atoms with van der Waals surface area (Å²) >= 11 is 0. The highest BCUT2D eigenvalue weighted by Crippen LogP contribution is 2.40. The number of amides is 2. The molecule has 1 aromatic heterocycles. The number of likely N-dealkylation sites (N-methyl/N-ethyl adjacent to an activating group) is 1. The minimum Gasteiger partial charge on any atom is -0.341 e. The summed E-state index contributed by atoms with van der Waals surface area (Å²) in [6.07, 6.45) is 6.09. The molecular weight excluding hydrogens is 670 g/mol. The van der Waals surface area contributed by atoms with Crippen molar-refractivity contribution in [2.45, 2.75) is 95.7 Å². The van der Waals surface area contributed by atoms with Crippen molar-refractivity contribution in [1.82, 2.24) is 15.0 Å². The Hall–Kier alpha value is -4.84. The first-order valence-electron chi connectivity index (χ1n) is 17.5. The number of unbranched alkanes of at least 4 members (excludes halogenated alkanes) is 1. The van der Waals surface area contributed by atoms with Crippen LogP contribution in [-0.2, 0) is 39.1 Å². The van der Waals surface area contributed by atoms with Crippen molar-refractivity contribution in [3.05, 3.63) is 100 Å². The lowest BCUT2D eigenvalue weighted by atomic mass is 9.95. The van der Waals surface area contributed by atoms with Crippen molar-refractivity contribution in [1.29, 1.82) is 0 Å². The van der Waals surface area contributed by atoms with Crippen molar-refractivity contribution in [3.63, 3.8) is 0 Å². The average molecular weight is 714 g/mol. The highest BCUT2D eigenvalue weighted by Gasteiger charge is 2.49. The van der Waals surface area contributed by atoms with Gasteiger partial charge in [-0.15, -0.1) is 0 Å². The summed E-state index contributed by atoms with van der Waals surface area (Å²) in [6.45, 7) is 6.01. The van der Waals surface area contributed by atoms with Gasteiger partial charge >= 0.3 is 0 Å². The van der Waals surface area contributed by atoms with E-state index in [-0.39, 0.29) is 35.6 Å². The fraction of sp³-hybridized carbons (Fsp3) is 0.385. The zero-order valence-electron chi connectivity index (χ0n) is 29.5. The third-order valence-corrected chi connectivity index (χ3v) is 11.3. The van der Waals surface area contributed by atoms with Crippen LogP contribution in [0.1, 0.15) is 79.8 Å². The highest BCUT2D eigenvalue weighted by atomic mass is 32.2. The van der Waals surface area contributed by atoms with Gasteiger partial charge in [0.15, 0.2) is 0 Å². The molecule has 4 aromatic rings. The van der Waals surface area contributed by atoms with Gasteiger partial charge in [-0.3, -0.25) is 19.5 Å². The van der Waals surface area contributed by atoms with Crippen LogP contribution in [0.2, 0.25) is 0 Å². The predicted molar refractivity (Wildman–Crippen MR) is 194 cm³/mol. The predicted octanol–water partition coefficient (Wildman–Crippen LogP) is 7.34. The van der Waals surface area contributed by atoms with E-state index in [1.807, 2.05) is 23.1 Å². The quantitative estimate of drug-likeness (QED) is 0.155. The Balaban J connectivity index is 1.37. The molecule has 1 fully saturated rings. The molecule has 1 spiro atoms. The highest BCUT2D eigenvalue weighted by molar-refractivity contribution is 7.92. The molecule has 12 heteroatoms. The van der Waals surface area contributed by atoms with Crippen molar-refractivity contribution >= 4 is 33.6 Å². The monoisotopic (exact) mass is 713 g/mol. The van der Waals surface area contributed by atoms with E-state index >= 15 is 0 Å². The largest absolute Gasteiger partial charge is 0.341 e. The number of anilines is 1. The van der Waals surface area contributed by atoms with E-state index in [1.165, 1.54) is 18.2 Å². The maximum Gasteiger partial charge on any atom is 0.264 e. The molecule has 1 N–H and O–H groups in total. The molecule has 0 unspecified atom stereocenters. The number of nitrogens with zero attached hydrogens (tertiary/aromatic N) is 4. The molecular formula is C39H44FN5O5S. The molecule has 268 valence electrons. The van der Waals surface area contributed by atoms with Crippen molar-refractivity contribution in [2.24, 2.45) is 4.99 Å². The second-order valence-corrected chi connectivity index (χ2v) is 15.3. The number of carbonyl (C=O) groups is 2. The van der Waals surface area contributed by atoms with Crippen LogP contribution < -0.4 is 4.72 Å². The number of amidine groups is 1. The van der Waals surface area contributed by atoms with Gasteiger partial charge in [0.1, 0.15) is 17.2 Å². The van der Waals surface area contributed by atoms with E-state index in [2.05, 4.69) is 16.8 Å². The molecule has 1 aliphatic carbocycles. The summed E-state index contributed by atoms with van der Waals surface area (Å²) < 4.78 is 49.4. The minimum atomic E-state index is -4.14. The van der Waals surface area contributed by atoms with Crippen LogP contribution in [0.4, 0.5) is 10.3 Å². The number of aryl methyl sites for hydroxylation is 1. The standard InChI is InChI=1S/C39H44FN5O5S/c1-5-6-16-35-41-39(19-9-10-20-39)38(47)45(35)24-29-17-18-32(30(21-29)25-44(4)36(46)23-28-12-11-13-31(40)22-28)33-14-7-8-15-34(33)51(48,49)43-37-26(2)27(3)42-50-37/h7-8,11-15,17-18,21-22,43H,5-6,9-10,16,19-20,23-25H2,1-4H3. The lowest BCUT2D eigenvalue weighted by Gasteiger charge is -2.24. The number of halogens is 1. The fourth-order valence-corrected chi connectivity index (χ4v) is 8.20. The Morgan fingerprint density at radius 1 is 1.02 bits per heavy atom. The fourth-order valence-electron chi connectivity index (χ4n) is 6.93. The third kappa shape index (κ3) is 7.61. The first-order chi connectivity index (χ1) is 24.4. The molecule has 0 atom stereocenters. The van der Waals surface area contributed by atoms with Crippen LogP contribution in [0.25, 0.3) is 11.1 Å². The van der Waals surface area contributed by atoms with Gasteiger partial charge in [-0.2, -0.15) is 0 Å². The van der Waals surface area contributed by atoms with Gasteiger partial charge in [-0.25, -0.2) is 17.5 Å². The summed E-state index contributed by atoms with van der Waals surface area (Å²) in [5.74, 6) is 0.244. The Bertz CT molecular complexity index is 2090. The van der Waals surface area contributed by atoms with Crippen LogP contribution in [0.15, 0.2) is 81.1 Å². The van der Waals surface area contributed by atoms with E-state index in [1.54, 1.807) is 56.1 Å². The second-order valence-electron chi connectivity index (χ2n) is 13.6. The molecule has 1 aliphatic heterocycles. The summed E-state index contributed by atoms with van der Waals surface area (Å²) in [4.78, 5) is 35.8. The van der Waals surface area contributed by atoms with Crippen LogP contribution in [-0.4, -0.2) is 53.6 Å². The normalized spacial score (nSPS) is 15.4. The molecule has 51 heavy (non-hydrogen) atoms. The van der Waals surface area contributed by atoms with Gasteiger partial charge in [-0.05, 0) is 73.6 Å². The first kappa shape index (κ1) is 36.0. The molecule has 6 rings (SSSR count). The van der Waals surface area contributed by atoms with Crippen molar-refractivity contribution in [3.8, 4) is 11.1 Å². The average Bonchev–Trinajstić information content (AvgIpc) is 3.78. The number of hydrogen-bond acceptors (Lipinski definition) is 7. The summed E-state index contributed by atoms with van der Waals surface area (Å²) in [6, 6.07) is 18.3. The Kier molecular flexibility index (Phi) is 10.4. The maximum absolute atomic E-state index is 13.9. The number of sulfonamides is 1. The number of hydrogen-bond donors (Lipinski definition) is 1. The summed E-state index contributed by atoms with van der Waals surface area (Å²) in [5.41, 5.74) is 3.59. The van der Waals surface area contributed by atoms with Gasteiger partial charge < -0.3 is 9.42 Å². The van der Waals surface area contributed by atoms with Crippen LogP contribution in [0.3, 0.4) is 0 Å². The van der Waals surface area contributed by atoms with E-state index in [4.69, 9.17) is 9.52 Å². The van der Waals surface area contributed by atoms with Gasteiger partial charge in [0.25, 0.3) is 15.9 Å². The molecule has 0 bridgehead atoms. The lowest BCUT2D eigenvalue weighted by Crippen LogP contribution is -2.40. The van der Waals surface area contributed by atoms with E-state index in [9.17, 15) is 22.4 Å². The van der Waals surface area contributed by atoms with Crippen molar-refractivity contribution in [2.75, 3.05) is 11.8 Å². The van der Waals surface area contributed by atoms with Gasteiger partial charge in [0.2, 0.25) is 11.8 Å². The molecule has 2 aliphatic rings. The summed E-state index contributed by atoms with van der Waals surface area (Å²) in [5, 5.41) is 3.88. The van der Waals surface area contributed by atoms with E-state index in [0.717, 1.165) is 49.9 Å². The van der Waals surface area contributed by atoms with E-state index in [0.29, 0.717) is 46.5 Å². The van der Waals surface area contributed by atoms with Gasteiger partial charge in [0, 0.05) is 31.1 Å². The SMILES string of the molecule is CCCCC1=NC2(CCCC2)C(=O)N1Cc1ccc(-c2ccccc2S(=O)(=O)Nc2onc(C)c2C)c(CN(C)C(=O)Cc2cccc(F)c2)c1. The number of benzene rings is 3. The smallest absolute Gasteiger partial charge is 0.264 e. The molecule has 2 heterocycles. The number of nitrogens with one attached hydrogen (secondary N) is 1. The zero-order chi connectivity index (χ0) is 36.3. The molecule has 3 aromatic carbocycles. The molecule has 2 amide bonds. The summed E-state index contributed by atoms with van der Waals surface area (Å²) in [7, 11) is -2.47. The van der Waals surface area contributed by atoms with Crippen LogP contribution >= 0.6 is 0 Å². The Morgan fingerprint density at radius 3 is 2.49 bits per heavy atom. The third-order valence-electron chi connectivity index (χ3n) is 9.92. The van der Waals surface area contributed by atoms with Crippen LogP contribution in [0.5, 0.6) is 0 Å². The molecule has 1 saturated carbocycles. The Labute approximate surface area is 298 Å². The molecule has 10 nitrogen and oxygen atoms in total. The van der Waals surface area contributed by atoms with Gasteiger partial charge in [0.05, 0.1) is 23.6 Å². The number of carbonyl (C=O) groups excluding carboxylic acids is 2. The first-order valence-corrected chi connectivity index (χ1v) is 18.9. The minimum absolute atomic E-state index is 0.00423. The maximum atomic E-state index is 13.9. The number of aliphatic imine (C=N–C) groups is 1. The number of aromatic nitrogens is 1. The number of rotatable bonds is 13. The molecule has 0 radical (unpaired) electrons. The van der Waals surface area contributed by atoms with Crippen molar-refractivity contribution < 1.29 is 26.9 Å². The second kappa shape index (κ2) is 14.8. The topological polar surface area (TPSA) is 125 Å². The van der Waals surface area contributed by atoms with Gasteiger partial charge in [-0.1, -0.05) is 79.9 Å². The van der Waals surface area contributed by atoms with Crippen LogP contribution in [0, 0.1) is 19.7 Å².